The van der Waals surface area contributed by atoms with Crippen LogP contribution >= 0.6 is 0 Å². The number of carbonyl (C=O) groups is 2. The summed E-state index contributed by atoms with van der Waals surface area (Å²) >= 11 is 0. The summed E-state index contributed by atoms with van der Waals surface area (Å²) in [6, 6.07) is 0. The van der Waals surface area contributed by atoms with Crippen LogP contribution in [0.4, 0.5) is 0 Å². The lowest BCUT2D eigenvalue weighted by Gasteiger charge is -1.87. The van der Waals surface area contributed by atoms with E-state index in [1.54, 1.807) is 0 Å². The zero-order chi connectivity index (χ0) is 7.98. The van der Waals surface area contributed by atoms with Crippen molar-refractivity contribution in [3.63, 3.8) is 0 Å². The predicted octanol–water partition coefficient (Wildman–Crippen LogP) is 0.314. The molecule has 0 amide bonds. The summed E-state index contributed by atoms with van der Waals surface area (Å²) in [6.45, 7) is 3.10. The molecule has 0 heterocycles. The minimum atomic E-state index is -1.17. The molecule has 0 saturated heterocycles. The molecule has 0 aliphatic heterocycles. The van der Waals surface area contributed by atoms with Gasteiger partial charge in [-0.15, -0.1) is 0 Å². The molecule has 0 aromatic carbocycles. The van der Waals surface area contributed by atoms with Gasteiger partial charge in [-0.2, -0.15) is 0 Å². The standard InChI is InChI=1S/C6H6O4/c1-2-6(9)10-4-3-5(7)8/h2-4H,1H2,(H,7,8). The van der Waals surface area contributed by atoms with Crippen LogP contribution in [0.3, 0.4) is 0 Å². The summed E-state index contributed by atoms with van der Waals surface area (Å²) in [5.41, 5.74) is 0. The second-order valence-electron chi connectivity index (χ2n) is 1.28. The highest BCUT2D eigenvalue weighted by molar-refractivity contribution is 5.83. The zero-order valence-corrected chi connectivity index (χ0v) is 5.11. The number of aliphatic carboxylic acids is 1. The van der Waals surface area contributed by atoms with Gasteiger partial charge in [0.2, 0.25) is 0 Å². The molecule has 4 heteroatoms. The monoisotopic (exact) mass is 142 g/mol. The Hall–Kier alpha value is -1.58. The number of ether oxygens (including phenoxy) is 1. The molecule has 10 heavy (non-hydrogen) atoms. The number of carboxylic acid groups (broad SMARTS) is 1. The van der Waals surface area contributed by atoms with Gasteiger partial charge in [0.05, 0.1) is 6.08 Å². The van der Waals surface area contributed by atoms with Gasteiger partial charge in [0.1, 0.15) is 6.26 Å². The summed E-state index contributed by atoms with van der Waals surface area (Å²) in [7, 11) is 0. The van der Waals surface area contributed by atoms with Crippen LogP contribution in [-0.4, -0.2) is 17.0 Å². The molecule has 0 spiro atoms. The third-order valence-electron chi connectivity index (χ3n) is 0.561. The molecule has 0 aliphatic rings. The molecule has 54 valence electrons. The number of rotatable bonds is 3. The molecule has 0 unspecified atom stereocenters. The fourth-order valence-electron chi connectivity index (χ4n) is 0.207. The number of hydrogen-bond donors (Lipinski definition) is 1. The first-order valence-electron chi connectivity index (χ1n) is 2.39. The lowest BCUT2D eigenvalue weighted by Crippen LogP contribution is -1.94. The maximum Gasteiger partial charge on any atom is 0.334 e. The van der Waals surface area contributed by atoms with Gasteiger partial charge in [-0.25, -0.2) is 9.59 Å². The molecular weight excluding hydrogens is 136 g/mol. The van der Waals surface area contributed by atoms with Gasteiger partial charge in [0.25, 0.3) is 0 Å². The Morgan fingerprint density at radius 3 is 2.50 bits per heavy atom. The summed E-state index contributed by atoms with van der Waals surface area (Å²) < 4.78 is 4.18. The van der Waals surface area contributed by atoms with Crippen molar-refractivity contribution in [3.05, 3.63) is 25.0 Å². The van der Waals surface area contributed by atoms with Crippen molar-refractivity contribution in [1.82, 2.24) is 0 Å². The maximum absolute atomic E-state index is 10.2. The molecule has 0 aromatic heterocycles. The fourth-order valence-corrected chi connectivity index (χ4v) is 0.207. The van der Waals surface area contributed by atoms with E-state index >= 15 is 0 Å². The number of carbonyl (C=O) groups excluding carboxylic acids is 1. The summed E-state index contributed by atoms with van der Waals surface area (Å²) in [5.74, 6) is -1.85. The van der Waals surface area contributed by atoms with Crippen LogP contribution in [0.25, 0.3) is 0 Å². The van der Waals surface area contributed by atoms with Gasteiger partial charge in [-0.1, -0.05) is 6.58 Å². The molecule has 0 aromatic rings. The molecule has 0 bridgehead atoms. The first kappa shape index (κ1) is 8.42. The Bertz CT molecular complexity index is 180. The summed E-state index contributed by atoms with van der Waals surface area (Å²) in [6.07, 6.45) is 2.43. The molecule has 0 radical (unpaired) electrons. The van der Waals surface area contributed by atoms with E-state index in [1.807, 2.05) is 0 Å². The van der Waals surface area contributed by atoms with Crippen LogP contribution in [0.1, 0.15) is 0 Å². The molecule has 0 aliphatic carbocycles. The van der Waals surface area contributed by atoms with Crippen LogP contribution < -0.4 is 0 Å². The molecule has 0 atom stereocenters. The minimum absolute atomic E-state index is 0.683. The highest BCUT2D eigenvalue weighted by Crippen LogP contribution is 1.80. The second kappa shape index (κ2) is 4.31. The first-order chi connectivity index (χ1) is 4.66. The number of carboxylic acids is 1. The Kier molecular flexibility index (Phi) is 3.63. The van der Waals surface area contributed by atoms with Gasteiger partial charge in [-0.3, -0.25) is 0 Å². The molecule has 4 nitrogen and oxygen atoms in total. The van der Waals surface area contributed by atoms with E-state index in [4.69, 9.17) is 5.11 Å². The summed E-state index contributed by atoms with van der Waals surface area (Å²) in [5, 5.41) is 8.00. The van der Waals surface area contributed by atoms with Crippen LogP contribution in [0, 0.1) is 0 Å². The fraction of sp³-hybridized carbons (Fsp3) is 0. The van der Waals surface area contributed by atoms with E-state index in [-0.39, 0.29) is 0 Å². The lowest BCUT2D eigenvalue weighted by molar-refractivity contribution is -0.132. The largest absolute Gasteiger partial charge is 0.478 e. The van der Waals surface area contributed by atoms with E-state index < -0.39 is 11.9 Å². The van der Waals surface area contributed by atoms with Crippen molar-refractivity contribution in [2.45, 2.75) is 0 Å². The molecule has 1 N–H and O–H groups in total. The topological polar surface area (TPSA) is 63.6 Å². The van der Waals surface area contributed by atoms with Gasteiger partial charge in [0.15, 0.2) is 0 Å². The van der Waals surface area contributed by atoms with Crippen LogP contribution in [0.5, 0.6) is 0 Å². The van der Waals surface area contributed by atoms with Crippen molar-refractivity contribution in [2.24, 2.45) is 0 Å². The van der Waals surface area contributed by atoms with Crippen molar-refractivity contribution in [3.8, 4) is 0 Å². The van der Waals surface area contributed by atoms with E-state index in [1.165, 1.54) is 0 Å². The SMILES string of the molecule is C=CC(=O)OC=CC(=O)O. The quantitative estimate of drug-likeness (QED) is 0.350. The van der Waals surface area contributed by atoms with E-state index in [9.17, 15) is 9.59 Å². The van der Waals surface area contributed by atoms with Gasteiger partial charge < -0.3 is 9.84 Å². The highest BCUT2D eigenvalue weighted by Gasteiger charge is 1.90. The predicted molar refractivity (Wildman–Crippen MR) is 33.1 cm³/mol. The van der Waals surface area contributed by atoms with Crippen LogP contribution in [0.2, 0.25) is 0 Å². The van der Waals surface area contributed by atoms with E-state index in [0.717, 1.165) is 12.3 Å². The lowest BCUT2D eigenvalue weighted by atomic mass is 10.6. The van der Waals surface area contributed by atoms with Crippen LogP contribution in [-0.2, 0) is 14.3 Å². The van der Waals surface area contributed by atoms with E-state index in [2.05, 4.69) is 11.3 Å². The molecule has 0 rings (SSSR count). The number of hydrogen-bond acceptors (Lipinski definition) is 3. The third-order valence-corrected chi connectivity index (χ3v) is 0.561. The minimum Gasteiger partial charge on any atom is -0.478 e. The molecule has 0 saturated carbocycles. The van der Waals surface area contributed by atoms with Crippen molar-refractivity contribution in [1.29, 1.82) is 0 Å². The van der Waals surface area contributed by atoms with Gasteiger partial charge in [-0.05, 0) is 0 Å². The Morgan fingerprint density at radius 2 is 2.10 bits per heavy atom. The highest BCUT2D eigenvalue weighted by atomic mass is 16.5. The van der Waals surface area contributed by atoms with Gasteiger partial charge in [0, 0.05) is 6.08 Å². The Morgan fingerprint density at radius 1 is 1.50 bits per heavy atom. The number of esters is 1. The second-order valence-corrected chi connectivity index (χ2v) is 1.28. The third kappa shape index (κ3) is 4.58. The molecule has 0 fully saturated rings. The van der Waals surface area contributed by atoms with Crippen molar-refractivity contribution >= 4 is 11.9 Å². The van der Waals surface area contributed by atoms with Crippen molar-refractivity contribution < 1.29 is 19.4 Å². The first-order valence-corrected chi connectivity index (χ1v) is 2.39. The zero-order valence-electron chi connectivity index (χ0n) is 5.11. The summed E-state index contributed by atoms with van der Waals surface area (Å²) in [4.78, 5) is 20.0. The van der Waals surface area contributed by atoms with Crippen molar-refractivity contribution in [2.75, 3.05) is 0 Å². The Balaban J connectivity index is 3.63. The van der Waals surface area contributed by atoms with Gasteiger partial charge >= 0.3 is 11.9 Å². The normalized spacial score (nSPS) is 9.20. The molecular formula is C6H6O4. The Labute approximate surface area is 57.4 Å². The maximum atomic E-state index is 10.2. The average molecular weight is 142 g/mol. The van der Waals surface area contributed by atoms with E-state index in [0.29, 0.717) is 6.08 Å². The smallest absolute Gasteiger partial charge is 0.334 e. The van der Waals surface area contributed by atoms with Crippen LogP contribution in [0.15, 0.2) is 25.0 Å². The average Bonchev–Trinajstić information content (AvgIpc) is 1.87.